The molecule has 0 atom stereocenters. The summed E-state index contributed by atoms with van der Waals surface area (Å²) >= 11 is 6.31. The second kappa shape index (κ2) is 3.86. The van der Waals surface area contributed by atoms with Gasteiger partial charge in [0, 0.05) is 12.4 Å². The average Bonchev–Trinajstić information content (AvgIpc) is 1.97. The number of aromatic nitrogens is 1. The fourth-order valence-corrected chi connectivity index (χ4v) is 1.77. The normalized spacial score (nSPS) is 9.50. The van der Waals surface area contributed by atoms with Gasteiger partial charge in [-0.15, -0.1) is 0 Å². The lowest BCUT2D eigenvalue weighted by molar-refractivity contribution is 0.209. The number of carbonyl (C=O) groups is 1. The number of rotatable bonds is 1. The standard InChI is InChI=1S/C6H4Br2N2O2/c7-3-1-9-2-4(8)5(3)10-6(11)12/h1-2H,(H,9,10)(H,11,12). The van der Waals surface area contributed by atoms with E-state index in [-0.39, 0.29) is 0 Å². The van der Waals surface area contributed by atoms with E-state index in [1.54, 1.807) is 0 Å². The minimum Gasteiger partial charge on any atom is -0.465 e. The Labute approximate surface area is 85.3 Å². The molecule has 0 aliphatic carbocycles. The fourth-order valence-electron chi connectivity index (χ4n) is 0.638. The van der Waals surface area contributed by atoms with E-state index in [1.165, 1.54) is 12.4 Å². The molecule has 0 aliphatic rings. The van der Waals surface area contributed by atoms with Crippen molar-refractivity contribution in [2.75, 3.05) is 5.32 Å². The molecule has 0 unspecified atom stereocenters. The molecule has 1 heterocycles. The van der Waals surface area contributed by atoms with Crippen molar-refractivity contribution in [3.05, 3.63) is 21.3 Å². The lowest BCUT2D eigenvalue weighted by Gasteiger charge is -2.04. The SMILES string of the molecule is O=C(O)Nc1c(Br)cncc1Br. The van der Waals surface area contributed by atoms with Crippen LogP contribution in [0.4, 0.5) is 10.5 Å². The summed E-state index contributed by atoms with van der Waals surface area (Å²) in [7, 11) is 0. The first-order chi connectivity index (χ1) is 5.61. The van der Waals surface area contributed by atoms with Crippen molar-refractivity contribution in [3.8, 4) is 0 Å². The molecule has 1 amide bonds. The Morgan fingerprint density at radius 2 is 1.92 bits per heavy atom. The number of nitrogens with one attached hydrogen (secondary N) is 1. The highest BCUT2D eigenvalue weighted by atomic mass is 79.9. The van der Waals surface area contributed by atoms with E-state index in [4.69, 9.17) is 5.11 Å². The van der Waals surface area contributed by atoms with Crippen LogP contribution in [-0.4, -0.2) is 16.2 Å². The van der Waals surface area contributed by atoms with Crippen LogP contribution in [0.5, 0.6) is 0 Å². The highest BCUT2D eigenvalue weighted by Gasteiger charge is 2.06. The van der Waals surface area contributed by atoms with Gasteiger partial charge in [0.1, 0.15) is 0 Å². The quantitative estimate of drug-likeness (QED) is 0.837. The monoisotopic (exact) mass is 294 g/mol. The summed E-state index contributed by atoms with van der Waals surface area (Å²) in [4.78, 5) is 14.1. The molecule has 0 aromatic carbocycles. The molecule has 0 saturated heterocycles. The molecule has 1 aromatic heterocycles. The van der Waals surface area contributed by atoms with Crippen molar-refractivity contribution in [2.45, 2.75) is 0 Å². The second-order valence-electron chi connectivity index (χ2n) is 1.91. The lowest BCUT2D eigenvalue weighted by Crippen LogP contribution is -2.08. The van der Waals surface area contributed by atoms with Gasteiger partial charge in [0.2, 0.25) is 0 Å². The van der Waals surface area contributed by atoms with Crippen molar-refractivity contribution in [3.63, 3.8) is 0 Å². The summed E-state index contributed by atoms with van der Waals surface area (Å²) in [5, 5.41) is 10.7. The summed E-state index contributed by atoms with van der Waals surface area (Å²) in [5.41, 5.74) is 0.456. The second-order valence-corrected chi connectivity index (χ2v) is 3.62. The summed E-state index contributed by atoms with van der Waals surface area (Å²) in [6.07, 6.45) is 1.91. The molecule has 0 spiro atoms. The molecule has 6 heteroatoms. The zero-order chi connectivity index (χ0) is 9.14. The Morgan fingerprint density at radius 3 is 2.33 bits per heavy atom. The topological polar surface area (TPSA) is 62.2 Å². The van der Waals surface area contributed by atoms with Gasteiger partial charge in [0.15, 0.2) is 0 Å². The average molecular weight is 296 g/mol. The number of nitrogens with zero attached hydrogens (tertiary/aromatic N) is 1. The smallest absolute Gasteiger partial charge is 0.409 e. The molecule has 0 bridgehead atoms. The van der Waals surface area contributed by atoms with Gasteiger partial charge >= 0.3 is 6.09 Å². The van der Waals surface area contributed by atoms with Crippen molar-refractivity contribution < 1.29 is 9.90 Å². The maximum absolute atomic E-state index is 10.3. The fraction of sp³-hybridized carbons (Fsp3) is 0. The lowest BCUT2D eigenvalue weighted by atomic mass is 10.4. The minimum atomic E-state index is -1.11. The minimum absolute atomic E-state index is 0.456. The molecule has 1 aromatic rings. The summed E-state index contributed by atoms with van der Waals surface area (Å²) < 4.78 is 1.19. The maximum atomic E-state index is 10.3. The van der Waals surface area contributed by atoms with Crippen LogP contribution in [-0.2, 0) is 0 Å². The maximum Gasteiger partial charge on any atom is 0.409 e. The van der Waals surface area contributed by atoms with Crippen molar-refractivity contribution in [1.82, 2.24) is 4.98 Å². The third kappa shape index (κ3) is 2.18. The van der Waals surface area contributed by atoms with Crippen molar-refractivity contribution in [1.29, 1.82) is 0 Å². The van der Waals surface area contributed by atoms with Crippen molar-refractivity contribution in [2.24, 2.45) is 0 Å². The van der Waals surface area contributed by atoms with E-state index in [2.05, 4.69) is 42.2 Å². The van der Waals surface area contributed by atoms with Gasteiger partial charge < -0.3 is 5.11 Å². The van der Waals surface area contributed by atoms with Gasteiger partial charge in [0.05, 0.1) is 14.6 Å². The van der Waals surface area contributed by atoms with Gasteiger partial charge in [-0.05, 0) is 31.9 Å². The number of pyridine rings is 1. The zero-order valence-corrected chi connectivity index (χ0v) is 8.89. The zero-order valence-electron chi connectivity index (χ0n) is 5.71. The van der Waals surface area contributed by atoms with Crippen LogP contribution < -0.4 is 5.32 Å². The summed E-state index contributed by atoms with van der Waals surface area (Å²) in [6.45, 7) is 0. The number of hydrogen-bond donors (Lipinski definition) is 2. The van der Waals surface area contributed by atoms with E-state index < -0.39 is 6.09 Å². The van der Waals surface area contributed by atoms with E-state index >= 15 is 0 Å². The van der Waals surface area contributed by atoms with Gasteiger partial charge in [-0.1, -0.05) is 0 Å². The molecule has 64 valence electrons. The molecule has 0 fully saturated rings. The van der Waals surface area contributed by atoms with Crippen LogP contribution in [0, 0.1) is 0 Å². The Kier molecular flexibility index (Phi) is 3.05. The Morgan fingerprint density at radius 1 is 1.42 bits per heavy atom. The number of amides is 1. The Balaban J connectivity index is 3.04. The number of carboxylic acid groups (broad SMARTS) is 1. The molecular formula is C6H4Br2N2O2. The highest BCUT2D eigenvalue weighted by molar-refractivity contribution is 9.11. The predicted octanol–water partition coefficient (Wildman–Crippen LogP) is 2.70. The molecule has 0 aliphatic heterocycles. The van der Waals surface area contributed by atoms with Gasteiger partial charge in [-0.2, -0.15) is 0 Å². The third-order valence-electron chi connectivity index (χ3n) is 1.09. The number of halogens is 2. The summed E-state index contributed by atoms with van der Waals surface area (Å²) in [5.74, 6) is 0. The third-order valence-corrected chi connectivity index (χ3v) is 2.29. The van der Waals surface area contributed by atoms with Gasteiger partial charge in [-0.25, -0.2) is 4.79 Å². The van der Waals surface area contributed by atoms with Crippen LogP contribution in [0.15, 0.2) is 21.3 Å². The van der Waals surface area contributed by atoms with E-state index in [9.17, 15) is 4.79 Å². The Hall–Kier alpha value is -0.620. The predicted molar refractivity (Wildman–Crippen MR) is 51.3 cm³/mol. The molecule has 2 N–H and O–H groups in total. The van der Waals surface area contributed by atoms with Crippen LogP contribution in [0.3, 0.4) is 0 Å². The first-order valence-corrected chi connectivity index (χ1v) is 4.49. The number of anilines is 1. The highest BCUT2D eigenvalue weighted by Crippen LogP contribution is 2.28. The van der Waals surface area contributed by atoms with Crippen LogP contribution in [0.25, 0.3) is 0 Å². The molecule has 1 rings (SSSR count). The molecule has 12 heavy (non-hydrogen) atoms. The van der Waals surface area contributed by atoms with Gasteiger partial charge in [-0.3, -0.25) is 10.3 Å². The molecular weight excluding hydrogens is 292 g/mol. The van der Waals surface area contributed by atoms with Crippen LogP contribution in [0.2, 0.25) is 0 Å². The number of hydrogen-bond acceptors (Lipinski definition) is 2. The largest absolute Gasteiger partial charge is 0.465 e. The van der Waals surface area contributed by atoms with Gasteiger partial charge in [0.25, 0.3) is 0 Å². The summed E-state index contributed by atoms with van der Waals surface area (Å²) in [6, 6.07) is 0. The molecule has 0 radical (unpaired) electrons. The Bertz CT molecular complexity index is 296. The first kappa shape index (κ1) is 9.47. The first-order valence-electron chi connectivity index (χ1n) is 2.90. The van der Waals surface area contributed by atoms with E-state index in [0.717, 1.165) is 0 Å². The van der Waals surface area contributed by atoms with Crippen LogP contribution >= 0.6 is 31.9 Å². The molecule has 4 nitrogen and oxygen atoms in total. The van der Waals surface area contributed by atoms with Crippen LogP contribution in [0.1, 0.15) is 0 Å². The van der Waals surface area contributed by atoms with E-state index in [0.29, 0.717) is 14.6 Å². The van der Waals surface area contributed by atoms with Crippen molar-refractivity contribution >= 4 is 43.6 Å². The van der Waals surface area contributed by atoms with E-state index in [1.807, 2.05) is 0 Å². The molecule has 0 saturated carbocycles.